The predicted molar refractivity (Wildman–Crippen MR) is 158 cm³/mol. The van der Waals surface area contributed by atoms with E-state index in [1.54, 1.807) is 0 Å². The Morgan fingerprint density at radius 1 is 0.864 bits per heavy atom. The lowest BCUT2D eigenvalue weighted by molar-refractivity contribution is -0.117. The number of alkyl halides is 5. The molecule has 1 aliphatic rings. The molecule has 17 heteroatoms. The monoisotopic (exact) mass is 717 g/mol. The molecule has 6 nitrogen and oxygen atoms in total. The quantitative estimate of drug-likeness (QED) is 0.153. The fourth-order valence-corrected chi connectivity index (χ4v) is 5.97. The number of hydrogen-bond donors (Lipinski definition) is 3. The third-order valence-corrected chi connectivity index (χ3v) is 8.78. The summed E-state index contributed by atoms with van der Waals surface area (Å²) in [6.07, 6.45) is -4.54. The zero-order valence-electron chi connectivity index (χ0n) is 21.6. The Hall–Kier alpha value is -2.84. The Labute approximate surface area is 269 Å². The molecule has 0 aliphatic heterocycles. The van der Waals surface area contributed by atoms with Crippen molar-refractivity contribution in [3.63, 3.8) is 0 Å². The second-order valence-corrected chi connectivity index (χ2v) is 12.6. The van der Waals surface area contributed by atoms with Gasteiger partial charge in [-0.05, 0) is 48.0 Å². The van der Waals surface area contributed by atoms with Gasteiger partial charge in [0.1, 0.15) is 21.7 Å². The molecule has 0 radical (unpaired) electrons. The number of carbonyl (C=O) groups excluding carboxylic acids is 3. The van der Waals surface area contributed by atoms with E-state index in [0.717, 1.165) is 24.3 Å². The van der Waals surface area contributed by atoms with Gasteiger partial charge in [-0.1, -0.05) is 29.3 Å². The molecule has 3 aromatic rings. The van der Waals surface area contributed by atoms with Crippen molar-refractivity contribution < 1.29 is 40.7 Å². The van der Waals surface area contributed by atoms with Gasteiger partial charge in [0, 0.05) is 11.6 Å². The summed E-state index contributed by atoms with van der Waals surface area (Å²) < 4.78 is 78.2. The largest absolute Gasteiger partial charge is 0.397 e. The van der Waals surface area contributed by atoms with Gasteiger partial charge >= 0.3 is 6.18 Å². The third-order valence-electron chi connectivity index (χ3n) is 6.22. The zero-order valence-corrected chi connectivity index (χ0v) is 25.4. The van der Waals surface area contributed by atoms with Crippen LogP contribution in [0.15, 0.2) is 48.5 Å². The van der Waals surface area contributed by atoms with Crippen molar-refractivity contribution in [2.45, 2.75) is 16.4 Å². The molecule has 0 bridgehead atoms. The van der Waals surface area contributed by atoms with Crippen LogP contribution in [0.25, 0.3) is 0 Å². The average Bonchev–Trinajstić information content (AvgIpc) is 3.51. The molecule has 1 fully saturated rings. The number of hydrogen-bond acceptors (Lipinski definition) is 4. The average molecular weight is 719 g/mol. The summed E-state index contributed by atoms with van der Waals surface area (Å²) in [4.78, 5) is 37.9. The first-order valence-corrected chi connectivity index (χ1v) is 14.8. The van der Waals surface area contributed by atoms with E-state index in [4.69, 9.17) is 46.4 Å². The minimum absolute atomic E-state index is 0.0698. The Kier molecular flexibility index (Phi) is 10.3. The smallest absolute Gasteiger partial charge is 0.326 e. The molecule has 1 aliphatic carbocycles. The molecular formula is C27H17Cl4F6N3O3S. The van der Waals surface area contributed by atoms with E-state index >= 15 is 4.39 Å². The first-order chi connectivity index (χ1) is 20.5. The van der Waals surface area contributed by atoms with Gasteiger partial charge < -0.3 is 16.0 Å². The van der Waals surface area contributed by atoms with Crippen LogP contribution in [0.1, 0.15) is 21.8 Å². The Bertz CT molecular complexity index is 1640. The molecule has 1 saturated carbocycles. The fraction of sp³-hybridized carbons (Fsp3) is 0.222. The van der Waals surface area contributed by atoms with Crippen LogP contribution in [0.2, 0.25) is 10.0 Å². The van der Waals surface area contributed by atoms with Gasteiger partial charge in [-0.25, -0.2) is 13.2 Å². The normalized spacial score (nSPS) is 17.1. The number of thioether (sulfide) groups is 1. The summed E-state index contributed by atoms with van der Waals surface area (Å²) >= 11 is 24.8. The van der Waals surface area contributed by atoms with E-state index in [1.165, 1.54) is 24.3 Å². The lowest BCUT2D eigenvalue weighted by Crippen LogP contribution is -2.20. The summed E-state index contributed by atoms with van der Waals surface area (Å²) in [6.45, 7) is 0. The summed E-state index contributed by atoms with van der Waals surface area (Å²) in [5.41, 5.74) is -1.33. The fourth-order valence-electron chi connectivity index (χ4n) is 4.16. The highest BCUT2D eigenvalue weighted by Crippen LogP contribution is 2.65. The van der Waals surface area contributed by atoms with Crippen molar-refractivity contribution in [1.82, 2.24) is 0 Å². The zero-order chi connectivity index (χ0) is 32.6. The van der Waals surface area contributed by atoms with Crippen LogP contribution in [-0.2, 0) is 9.59 Å². The molecule has 0 saturated heterocycles. The van der Waals surface area contributed by atoms with Gasteiger partial charge in [-0.15, -0.1) is 35.0 Å². The third kappa shape index (κ3) is 7.86. The van der Waals surface area contributed by atoms with Crippen LogP contribution in [0.4, 0.5) is 43.4 Å². The summed E-state index contributed by atoms with van der Waals surface area (Å²) in [7, 11) is 0. The molecule has 0 spiro atoms. The van der Waals surface area contributed by atoms with Crippen molar-refractivity contribution in [3.05, 3.63) is 87.2 Å². The predicted octanol–water partition coefficient (Wildman–Crippen LogP) is 8.42. The van der Waals surface area contributed by atoms with E-state index in [9.17, 15) is 36.3 Å². The van der Waals surface area contributed by atoms with Crippen molar-refractivity contribution in [2.24, 2.45) is 5.92 Å². The van der Waals surface area contributed by atoms with Gasteiger partial charge in [-0.3, -0.25) is 14.4 Å². The molecule has 4 rings (SSSR count). The topological polar surface area (TPSA) is 87.3 Å². The number of halogens is 10. The number of benzene rings is 3. The highest BCUT2D eigenvalue weighted by atomic mass is 35.5. The van der Waals surface area contributed by atoms with Gasteiger partial charge in [-0.2, -0.15) is 13.2 Å². The standard InChI is InChI=1S/C27H17Cl4F6N3O3S/c28-14-3-2-12(38-25(43)21-20(27(21,30)31)11-1-4-16(32)15(29)7-11)8-13(14)24(42)39-18-6-5-17(33)23(22(18)34)40-19(41)9-44-10-26(35,36)37/h1-8,20-21H,9-10H2,(H,38,43)(H,39,42)(H,40,41)/t20-,21+/m0/s1. The molecule has 0 unspecified atom stereocenters. The molecule has 0 heterocycles. The maximum atomic E-state index is 15.0. The van der Waals surface area contributed by atoms with Crippen LogP contribution in [0.5, 0.6) is 0 Å². The second kappa shape index (κ2) is 13.3. The molecule has 3 aromatic carbocycles. The summed E-state index contributed by atoms with van der Waals surface area (Å²) in [5.74, 6) is -9.85. The van der Waals surface area contributed by atoms with E-state index in [2.05, 4.69) is 10.6 Å². The first kappa shape index (κ1) is 34.0. The van der Waals surface area contributed by atoms with Crippen molar-refractivity contribution >= 4 is 92.9 Å². The van der Waals surface area contributed by atoms with Crippen LogP contribution in [0, 0.1) is 23.4 Å². The van der Waals surface area contributed by atoms with E-state index in [-0.39, 0.29) is 33.1 Å². The summed E-state index contributed by atoms with van der Waals surface area (Å²) in [6, 6.07) is 9.16. The SMILES string of the molecule is O=C(CSCC(F)(F)F)Nc1c(F)ccc(NC(=O)c2cc(NC(=O)[C@H]3[C@H](c4ccc(F)c(Cl)c4)C3(Cl)Cl)ccc2Cl)c1F. The minimum atomic E-state index is -4.54. The maximum Gasteiger partial charge on any atom is 0.397 e. The lowest BCUT2D eigenvalue weighted by Gasteiger charge is -2.13. The molecule has 44 heavy (non-hydrogen) atoms. The van der Waals surface area contributed by atoms with E-state index < -0.39 is 80.4 Å². The van der Waals surface area contributed by atoms with Crippen LogP contribution in [-0.4, -0.2) is 39.7 Å². The number of anilines is 3. The van der Waals surface area contributed by atoms with Crippen LogP contribution in [0.3, 0.4) is 0 Å². The Morgan fingerprint density at radius 3 is 2.20 bits per heavy atom. The summed E-state index contributed by atoms with van der Waals surface area (Å²) in [5, 5.41) is 6.27. The highest BCUT2D eigenvalue weighted by molar-refractivity contribution is 8.00. The van der Waals surface area contributed by atoms with Gasteiger partial charge in [0.25, 0.3) is 5.91 Å². The molecule has 0 aromatic heterocycles. The van der Waals surface area contributed by atoms with E-state index in [0.29, 0.717) is 5.56 Å². The first-order valence-electron chi connectivity index (χ1n) is 12.2. The number of carbonyl (C=O) groups is 3. The Morgan fingerprint density at radius 2 is 1.55 bits per heavy atom. The molecule has 234 valence electrons. The molecule has 2 atom stereocenters. The maximum absolute atomic E-state index is 15.0. The van der Waals surface area contributed by atoms with E-state index in [1.807, 2.05) is 5.32 Å². The molecule has 3 N–H and O–H groups in total. The van der Waals surface area contributed by atoms with Crippen molar-refractivity contribution in [1.29, 1.82) is 0 Å². The number of rotatable bonds is 9. The lowest BCUT2D eigenvalue weighted by atomic mass is 10.1. The minimum Gasteiger partial charge on any atom is -0.326 e. The van der Waals surface area contributed by atoms with Crippen molar-refractivity contribution in [2.75, 3.05) is 27.5 Å². The highest BCUT2D eigenvalue weighted by Gasteiger charge is 2.67. The van der Waals surface area contributed by atoms with Gasteiger partial charge in [0.05, 0.1) is 38.7 Å². The molecule has 3 amide bonds. The van der Waals surface area contributed by atoms with Crippen LogP contribution >= 0.6 is 58.2 Å². The van der Waals surface area contributed by atoms with Crippen molar-refractivity contribution in [3.8, 4) is 0 Å². The number of nitrogens with one attached hydrogen (secondary N) is 3. The van der Waals surface area contributed by atoms with Crippen LogP contribution < -0.4 is 16.0 Å². The second-order valence-electron chi connectivity index (χ2n) is 9.38. The number of amides is 3. The molecular weight excluding hydrogens is 702 g/mol. The van der Waals surface area contributed by atoms with Gasteiger partial charge in [0.2, 0.25) is 11.8 Å². The Balaban J connectivity index is 1.46. The van der Waals surface area contributed by atoms with Gasteiger partial charge in [0.15, 0.2) is 5.82 Å².